The van der Waals surface area contributed by atoms with Crippen LogP contribution in [0.4, 0.5) is 0 Å². The standard InChI is InChI=1S/C8H16.3C2H6/c1-4-6-7-8(3)5-2;3*1-2/h6-8H,4-5H2,1-3H3;3*1-2H3/b7-6-;;;. The summed E-state index contributed by atoms with van der Waals surface area (Å²) in [6, 6.07) is 0. The zero-order valence-electron chi connectivity index (χ0n) is 12.1. The van der Waals surface area contributed by atoms with Crippen LogP contribution in [-0.4, -0.2) is 0 Å². The maximum atomic E-state index is 2.28. The van der Waals surface area contributed by atoms with E-state index in [2.05, 4.69) is 32.9 Å². The Morgan fingerprint density at radius 1 is 0.857 bits per heavy atom. The van der Waals surface area contributed by atoms with Crippen molar-refractivity contribution in [3.05, 3.63) is 12.2 Å². The molecule has 0 heteroatoms. The smallest absolute Gasteiger partial charge is 0.0265 e. The van der Waals surface area contributed by atoms with Gasteiger partial charge in [0.25, 0.3) is 0 Å². The summed E-state index contributed by atoms with van der Waals surface area (Å²) in [4.78, 5) is 0. The Bertz CT molecular complexity index is 62.4. The van der Waals surface area contributed by atoms with E-state index in [0.717, 1.165) is 5.92 Å². The van der Waals surface area contributed by atoms with Crippen LogP contribution < -0.4 is 0 Å². The van der Waals surface area contributed by atoms with Crippen LogP contribution in [0.5, 0.6) is 0 Å². The highest BCUT2D eigenvalue weighted by Crippen LogP contribution is 2.01. The molecule has 0 nitrogen and oxygen atoms in total. The van der Waals surface area contributed by atoms with Gasteiger partial charge in [0.2, 0.25) is 0 Å². The number of hydrogen-bond donors (Lipinski definition) is 0. The molecule has 0 spiro atoms. The summed E-state index contributed by atoms with van der Waals surface area (Å²) >= 11 is 0. The fourth-order valence-corrected chi connectivity index (χ4v) is 0.504. The van der Waals surface area contributed by atoms with E-state index in [0.29, 0.717) is 0 Å². The first-order valence-corrected chi connectivity index (χ1v) is 6.47. The van der Waals surface area contributed by atoms with Gasteiger partial charge in [0, 0.05) is 0 Å². The minimum absolute atomic E-state index is 0.773. The molecular weight excluding hydrogens is 168 g/mol. The summed E-state index contributed by atoms with van der Waals surface area (Å²) in [5, 5.41) is 0. The first-order valence-electron chi connectivity index (χ1n) is 6.47. The van der Waals surface area contributed by atoms with Crippen LogP contribution in [0.25, 0.3) is 0 Å². The number of rotatable bonds is 3. The molecular formula is C14H34. The van der Waals surface area contributed by atoms with Crippen molar-refractivity contribution < 1.29 is 0 Å². The van der Waals surface area contributed by atoms with E-state index < -0.39 is 0 Å². The highest BCUT2D eigenvalue weighted by atomic mass is 13.9. The van der Waals surface area contributed by atoms with E-state index in [-0.39, 0.29) is 0 Å². The van der Waals surface area contributed by atoms with Gasteiger partial charge in [-0.2, -0.15) is 0 Å². The highest BCUT2D eigenvalue weighted by molar-refractivity contribution is 4.84. The van der Waals surface area contributed by atoms with E-state index >= 15 is 0 Å². The lowest BCUT2D eigenvalue weighted by Crippen LogP contribution is -1.82. The maximum absolute atomic E-state index is 2.28. The van der Waals surface area contributed by atoms with E-state index in [4.69, 9.17) is 0 Å². The zero-order valence-corrected chi connectivity index (χ0v) is 12.1. The van der Waals surface area contributed by atoms with Gasteiger partial charge in [-0.25, -0.2) is 0 Å². The van der Waals surface area contributed by atoms with Crippen molar-refractivity contribution in [1.29, 1.82) is 0 Å². The molecule has 0 bridgehead atoms. The van der Waals surface area contributed by atoms with Crippen molar-refractivity contribution in [3.63, 3.8) is 0 Å². The van der Waals surface area contributed by atoms with E-state index in [1.807, 2.05) is 41.5 Å². The van der Waals surface area contributed by atoms with Gasteiger partial charge < -0.3 is 0 Å². The van der Waals surface area contributed by atoms with E-state index in [1.54, 1.807) is 0 Å². The molecule has 0 rings (SSSR count). The van der Waals surface area contributed by atoms with E-state index in [1.165, 1.54) is 12.8 Å². The van der Waals surface area contributed by atoms with Crippen molar-refractivity contribution in [2.45, 2.75) is 75.2 Å². The van der Waals surface area contributed by atoms with Gasteiger partial charge in [0.1, 0.15) is 0 Å². The van der Waals surface area contributed by atoms with Gasteiger partial charge in [-0.1, -0.05) is 80.9 Å². The third-order valence-corrected chi connectivity index (χ3v) is 1.34. The third kappa shape index (κ3) is 41.1. The molecule has 0 aliphatic carbocycles. The summed E-state index contributed by atoms with van der Waals surface area (Å²) in [5.41, 5.74) is 0. The topological polar surface area (TPSA) is 0 Å². The number of allylic oxidation sites excluding steroid dienone is 2. The second-order valence-electron chi connectivity index (χ2n) is 2.22. The molecule has 1 unspecified atom stereocenters. The Kier molecular flexibility index (Phi) is 64.9. The Hall–Kier alpha value is -0.260. The van der Waals surface area contributed by atoms with Crippen molar-refractivity contribution in [2.75, 3.05) is 0 Å². The molecule has 0 aromatic rings. The largest absolute Gasteiger partial charge is 0.0885 e. The SMILES string of the molecule is CC.CC.CC.CC/C=C\C(C)CC. The summed E-state index contributed by atoms with van der Waals surface area (Å²) < 4.78 is 0. The lowest BCUT2D eigenvalue weighted by molar-refractivity contribution is 0.695. The Morgan fingerprint density at radius 3 is 1.43 bits per heavy atom. The van der Waals surface area contributed by atoms with Crippen molar-refractivity contribution >= 4 is 0 Å². The van der Waals surface area contributed by atoms with Crippen LogP contribution in [-0.2, 0) is 0 Å². The molecule has 1 atom stereocenters. The first kappa shape index (κ1) is 23.5. The fourth-order valence-electron chi connectivity index (χ4n) is 0.504. The van der Waals surface area contributed by atoms with Gasteiger partial charge in [0.05, 0.1) is 0 Å². The minimum atomic E-state index is 0.773. The fraction of sp³-hybridized carbons (Fsp3) is 0.857. The second-order valence-corrected chi connectivity index (χ2v) is 2.22. The van der Waals surface area contributed by atoms with Crippen LogP contribution in [0, 0.1) is 5.92 Å². The molecule has 0 aromatic carbocycles. The molecule has 0 saturated carbocycles. The molecule has 0 aliphatic heterocycles. The second kappa shape index (κ2) is 38.7. The predicted octanol–water partition coefficient (Wildman–Crippen LogP) is 6.08. The molecule has 0 aliphatic rings. The van der Waals surface area contributed by atoms with Crippen molar-refractivity contribution in [3.8, 4) is 0 Å². The maximum Gasteiger partial charge on any atom is -0.0265 e. The summed E-state index contributed by atoms with van der Waals surface area (Å²) in [6.45, 7) is 18.6. The van der Waals surface area contributed by atoms with Gasteiger partial charge in [0.15, 0.2) is 0 Å². The molecule has 14 heavy (non-hydrogen) atoms. The predicted molar refractivity (Wildman–Crippen MR) is 72.9 cm³/mol. The lowest BCUT2D eigenvalue weighted by atomic mass is 10.1. The van der Waals surface area contributed by atoms with Crippen molar-refractivity contribution in [1.82, 2.24) is 0 Å². The molecule has 0 aromatic heterocycles. The number of hydrogen-bond acceptors (Lipinski definition) is 0. The normalized spacial score (nSPS) is 9.79. The van der Waals surface area contributed by atoms with Crippen LogP contribution in [0.3, 0.4) is 0 Å². The van der Waals surface area contributed by atoms with Crippen LogP contribution in [0.15, 0.2) is 12.2 Å². The van der Waals surface area contributed by atoms with Crippen LogP contribution in [0.1, 0.15) is 75.2 Å². The highest BCUT2D eigenvalue weighted by Gasteiger charge is 1.87. The van der Waals surface area contributed by atoms with Gasteiger partial charge >= 0.3 is 0 Å². The van der Waals surface area contributed by atoms with Crippen LogP contribution in [0.2, 0.25) is 0 Å². The molecule has 0 saturated heterocycles. The Balaban J connectivity index is -0.0000000708. The summed E-state index contributed by atoms with van der Waals surface area (Å²) in [6.07, 6.45) is 6.94. The lowest BCUT2D eigenvalue weighted by Gasteiger charge is -1.96. The van der Waals surface area contributed by atoms with Gasteiger partial charge in [-0.15, -0.1) is 0 Å². The quantitative estimate of drug-likeness (QED) is 0.487. The molecule has 0 N–H and O–H groups in total. The Labute approximate surface area is 93.8 Å². The molecule has 0 fully saturated rings. The Morgan fingerprint density at radius 2 is 1.21 bits per heavy atom. The van der Waals surface area contributed by atoms with Crippen molar-refractivity contribution in [2.24, 2.45) is 5.92 Å². The summed E-state index contributed by atoms with van der Waals surface area (Å²) in [7, 11) is 0. The molecule has 0 heterocycles. The van der Waals surface area contributed by atoms with Crippen LogP contribution >= 0.6 is 0 Å². The van der Waals surface area contributed by atoms with E-state index in [9.17, 15) is 0 Å². The average Bonchev–Trinajstić information content (AvgIpc) is 2.33. The minimum Gasteiger partial charge on any atom is -0.0885 e. The molecule has 0 radical (unpaired) electrons. The first-order chi connectivity index (χ1) is 6.81. The monoisotopic (exact) mass is 202 g/mol. The van der Waals surface area contributed by atoms with Gasteiger partial charge in [-0.05, 0) is 12.3 Å². The molecule has 90 valence electrons. The summed E-state index contributed by atoms with van der Waals surface area (Å²) in [5.74, 6) is 0.773. The van der Waals surface area contributed by atoms with Gasteiger partial charge in [-0.3, -0.25) is 0 Å². The molecule has 0 amide bonds. The average molecular weight is 202 g/mol. The zero-order chi connectivity index (χ0) is 12.4. The third-order valence-electron chi connectivity index (χ3n) is 1.34.